The van der Waals surface area contributed by atoms with Gasteiger partial charge in [0.2, 0.25) is 22.1 Å². The van der Waals surface area contributed by atoms with Crippen molar-refractivity contribution in [1.82, 2.24) is 20.4 Å². The SMILES string of the molecule is O=C(Nc1nnc([C@@H]2CCC[C@@H](c3nnc(NC(=O)C4CCCC4)s3)C2)s1)C1CCCC1. The third-order valence-electron chi connectivity index (χ3n) is 7.17. The van der Waals surface area contributed by atoms with E-state index in [-0.39, 0.29) is 23.7 Å². The molecule has 8 nitrogen and oxygen atoms in total. The van der Waals surface area contributed by atoms with Gasteiger partial charge in [0.15, 0.2) is 0 Å². The van der Waals surface area contributed by atoms with Crippen LogP contribution in [0.15, 0.2) is 0 Å². The Balaban J connectivity index is 1.18. The average Bonchev–Trinajstić information content (AvgIpc) is 3.61. The summed E-state index contributed by atoms with van der Waals surface area (Å²) in [5.74, 6) is 1.08. The van der Waals surface area contributed by atoms with Crippen molar-refractivity contribution in [1.29, 1.82) is 0 Å². The fourth-order valence-electron chi connectivity index (χ4n) is 5.33. The Labute approximate surface area is 196 Å². The lowest BCUT2D eigenvalue weighted by Gasteiger charge is -2.25. The summed E-state index contributed by atoms with van der Waals surface area (Å²) in [7, 11) is 0. The summed E-state index contributed by atoms with van der Waals surface area (Å²) in [6.07, 6.45) is 12.7. The number of hydrogen-bond donors (Lipinski definition) is 2. The molecule has 0 radical (unpaired) electrons. The van der Waals surface area contributed by atoms with Gasteiger partial charge in [0, 0.05) is 23.7 Å². The molecule has 2 N–H and O–H groups in total. The summed E-state index contributed by atoms with van der Waals surface area (Å²) >= 11 is 3.02. The Hall–Kier alpha value is -1.94. The maximum atomic E-state index is 12.4. The van der Waals surface area contributed by atoms with E-state index in [4.69, 9.17) is 0 Å². The lowest BCUT2D eigenvalue weighted by molar-refractivity contribution is -0.120. The fraction of sp³-hybridized carbons (Fsp3) is 0.727. The van der Waals surface area contributed by atoms with Crippen molar-refractivity contribution in [2.24, 2.45) is 11.8 Å². The summed E-state index contributed by atoms with van der Waals surface area (Å²) < 4.78 is 0. The molecule has 0 spiro atoms. The van der Waals surface area contributed by atoms with Gasteiger partial charge in [-0.15, -0.1) is 20.4 Å². The van der Waals surface area contributed by atoms with Gasteiger partial charge in [-0.3, -0.25) is 9.59 Å². The molecule has 3 saturated carbocycles. The van der Waals surface area contributed by atoms with Crippen molar-refractivity contribution in [3.8, 4) is 0 Å². The molecule has 2 heterocycles. The average molecular weight is 475 g/mol. The largest absolute Gasteiger partial charge is 0.300 e. The van der Waals surface area contributed by atoms with E-state index >= 15 is 0 Å². The smallest absolute Gasteiger partial charge is 0.229 e. The molecule has 2 aromatic rings. The van der Waals surface area contributed by atoms with E-state index in [1.165, 1.54) is 22.7 Å². The zero-order valence-electron chi connectivity index (χ0n) is 18.2. The first-order chi connectivity index (χ1) is 15.7. The van der Waals surface area contributed by atoms with Crippen molar-refractivity contribution >= 4 is 44.8 Å². The number of aromatic nitrogens is 4. The number of hydrogen-bond acceptors (Lipinski definition) is 8. The number of carbonyl (C=O) groups is 2. The van der Waals surface area contributed by atoms with Crippen LogP contribution in [-0.2, 0) is 9.59 Å². The van der Waals surface area contributed by atoms with E-state index in [0.717, 1.165) is 87.1 Å². The Kier molecular flexibility index (Phi) is 6.77. The van der Waals surface area contributed by atoms with Gasteiger partial charge >= 0.3 is 0 Å². The topological polar surface area (TPSA) is 110 Å². The molecule has 3 aliphatic carbocycles. The van der Waals surface area contributed by atoms with Crippen LogP contribution in [0.3, 0.4) is 0 Å². The van der Waals surface area contributed by atoms with E-state index in [2.05, 4.69) is 31.0 Å². The van der Waals surface area contributed by atoms with Gasteiger partial charge in [-0.1, -0.05) is 54.8 Å². The van der Waals surface area contributed by atoms with Gasteiger partial charge in [0.25, 0.3) is 0 Å². The summed E-state index contributed by atoms with van der Waals surface area (Å²) in [5.41, 5.74) is 0. The minimum Gasteiger partial charge on any atom is -0.300 e. The second kappa shape index (κ2) is 9.91. The molecule has 3 aliphatic rings. The molecule has 2 aromatic heterocycles. The van der Waals surface area contributed by atoms with Gasteiger partial charge in [0.1, 0.15) is 10.0 Å². The van der Waals surface area contributed by atoms with E-state index in [1.54, 1.807) is 0 Å². The molecule has 0 aliphatic heterocycles. The highest BCUT2D eigenvalue weighted by Crippen LogP contribution is 2.43. The normalized spacial score (nSPS) is 24.6. The monoisotopic (exact) mass is 474 g/mol. The molecule has 2 amide bonds. The molecule has 0 saturated heterocycles. The first-order valence-corrected chi connectivity index (χ1v) is 13.6. The summed E-state index contributed by atoms with van der Waals surface area (Å²) in [6, 6.07) is 0. The molecule has 172 valence electrons. The molecule has 0 aromatic carbocycles. The summed E-state index contributed by atoms with van der Waals surface area (Å²) in [4.78, 5) is 24.8. The van der Waals surface area contributed by atoms with Crippen molar-refractivity contribution < 1.29 is 9.59 Å². The Morgan fingerprint density at radius 3 is 1.50 bits per heavy atom. The van der Waals surface area contributed by atoms with Crippen molar-refractivity contribution in [3.63, 3.8) is 0 Å². The Bertz CT molecular complexity index is 874. The van der Waals surface area contributed by atoms with Gasteiger partial charge in [-0.05, 0) is 44.9 Å². The molecular formula is C22H30N6O2S2. The fourth-order valence-corrected chi connectivity index (χ4v) is 7.12. The lowest BCUT2D eigenvalue weighted by Crippen LogP contribution is -2.20. The highest BCUT2D eigenvalue weighted by Gasteiger charge is 2.30. The molecule has 2 atom stereocenters. The number of rotatable bonds is 6. The van der Waals surface area contributed by atoms with Gasteiger partial charge in [-0.2, -0.15) is 0 Å². The maximum Gasteiger partial charge on any atom is 0.229 e. The number of nitrogens with zero attached hydrogens (tertiary/aromatic N) is 4. The zero-order chi connectivity index (χ0) is 21.9. The minimum atomic E-state index is 0.0905. The predicted molar refractivity (Wildman–Crippen MR) is 125 cm³/mol. The van der Waals surface area contributed by atoms with E-state index in [1.807, 2.05) is 0 Å². The molecule has 5 rings (SSSR count). The van der Waals surface area contributed by atoms with Crippen LogP contribution >= 0.6 is 22.7 Å². The van der Waals surface area contributed by atoms with Crippen LogP contribution in [0, 0.1) is 11.8 Å². The number of nitrogens with one attached hydrogen (secondary N) is 2. The van der Waals surface area contributed by atoms with Crippen LogP contribution < -0.4 is 10.6 Å². The van der Waals surface area contributed by atoms with Crippen LogP contribution in [0.2, 0.25) is 0 Å². The first kappa shape index (κ1) is 21.9. The first-order valence-electron chi connectivity index (χ1n) is 11.9. The predicted octanol–water partition coefficient (Wildman–Crippen LogP) is 5.09. The van der Waals surface area contributed by atoms with Crippen LogP contribution in [0.1, 0.15) is 98.9 Å². The Morgan fingerprint density at radius 1 is 0.625 bits per heavy atom. The van der Waals surface area contributed by atoms with Gasteiger partial charge in [0.05, 0.1) is 0 Å². The number of carbonyl (C=O) groups excluding carboxylic acids is 2. The quantitative estimate of drug-likeness (QED) is 0.603. The van der Waals surface area contributed by atoms with Crippen LogP contribution in [-0.4, -0.2) is 32.2 Å². The van der Waals surface area contributed by atoms with Crippen LogP contribution in [0.25, 0.3) is 0 Å². The third kappa shape index (κ3) is 5.01. The lowest BCUT2D eigenvalue weighted by atomic mass is 9.82. The van der Waals surface area contributed by atoms with E-state index in [0.29, 0.717) is 22.1 Å². The van der Waals surface area contributed by atoms with Crippen LogP contribution in [0.4, 0.5) is 10.3 Å². The van der Waals surface area contributed by atoms with Gasteiger partial charge in [-0.25, -0.2) is 0 Å². The van der Waals surface area contributed by atoms with E-state index in [9.17, 15) is 9.59 Å². The number of anilines is 2. The molecule has 10 heteroatoms. The van der Waals surface area contributed by atoms with Crippen molar-refractivity contribution in [2.45, 2.75) is 88.9 Å². The molecule has 0 bridgehead atoms. The molecular weight excluding hydrogens is 444 g/mol. The van der Waals surface area contributed by atoms with Crippen LogP contribution in [0.5, 0.6) is 0 Å². The van der Waals surface area contributed by atoms with Crippen molar-refractivity contribution in [2.75, 3.05) is 10.6 Å². The molecule has 0 unspecified atom stereocenters. The van der Waals surface area contributed by atoms with Crippen molar-refractivity contribution in [3.05, 3.63) is 10.0 Å². The second-order valence-electron chi connectivity index (χ2n) is 9.39. The summed E-state index contributed by atoms with van der Waals surface area (Å²) in [6.45, 7) is 0. The van der Waals surface area contributed by atoms with Gasteiger partial charge < -0.3 is 10.6 Å². The maximum absolute atomic E-state index is 12.4. The number of amides is 2. The summed E-state index contributed by atoms with van der Waals surface area (Å²) in [5, 5.41) is 26.5. The molecule has 3 fully saturated rings. The minimum absolute atomic E-state index is 0.0905. The Morgan fingerprint density at radius 2 is 1.06 bits per heavy atom. The van der Waals surface area contributed by atoms with E-state index < -0.39 is 0 Å². The second-order valence-corrected chi connectivity index (χ2v) is 11.4. The highest BCUT2D eigenvalue weighted by atomic mass is 32.1. The third-order valence-corrected chi connectivity index (χ3v) is 9.17. The molecule has 32 heavy (non-hydrogen) atoms. The zero-order valence-corrected chi connectivity index (χ0v) is 19.8. The standard InChI is InChI=1S/C22H30N6O2S2/c29-17(13-6-1-2-7-13)23-21-27-25-19(31-21)15-10-5-11-16(12-15)20-26-28-22(32-20)24-18(30)14-8-3-4-9-14/h13-16H,1-12H2,(H,23,27,29)(H,24,28,30)/t15-,16-/m1/s1. The highest BCUT2D eigenvalue weighted by molar-refractivity contribution is 7.15.